The summed E-state index contributed by atoms with van der Waals surface area (Å²) < 4.78 is 11.2. The van der Waals surface area contributed by atoms with Crippen molar-refractivity contribution in [2.45, 2.75) is 38.3 Å². The summed E-state index contributed by atoms with van der Waals surface area (Å²) in [5.74, 6) is 2.89. The molecule has 3 atom stereocenters. The van der Waals surface area contributed by atoms with Gasteiger partial charge in [0.15, 0.2) is 0 Å². The van der Waals surface area contributed by atoms with Crippen molar-refractivity contribution in [2.24, 2.45) is 28.6 Å². The van der Waals surface area contributed by atoms with E-state index in [9.17, 15) is 14.4 Å². The zero-order valence-corrected chi connectivity index (χ0v) is 26.3. The van der Waals surface area contributed by atoms with Crippen molar-refractivity contribution in [3.63, 3.8) is 0 Å². The highest BCUT2D eigenvalue weighted by Crippen LogP contribution is 2.92. The third-order valence-corrected chi connectivity index (χ3v) is 12.1. The third kappa shape index (κ3) is 4.33. The number of amides is 2. The van der Waals surface area contributed by atoms with Crippen LogP contribution in [0.4, 0.5) is 0 Å². The first-order valence-electron chi connectivity index (χ1n) is 16.7. The first kappa shape index (κ1) is 29.2. The molecule has 4 aliphatic carbocycles. The zero-order chi connectivity index (χ0) is 31.5. The molecule has 1 aliphatic heterocycles. The molecule has 0 aromatic heterocycles. The second-order valence-electron chi connectivity index (χ2n) is 13.9. The van der Waals surface area contributed by atoms with Gasteiger partial charge in [-0.2, -0.15) is 0 Å². The Kier molecular flexibility index (Phi) is 7.16. The Morgan fingerprint density at radius 2 is 1.52 bits per heavy atom. The Balaban J connectivity index is 0.917. The Hall–Kier alpha value is -4.17. The van der Waals surface area contributed by atoms with E-state index in [0.717, 1.165) is 53.0 Å². The third-order valence-electron chi connectivity index (χ3n) is 12.1. The molecule has 4 saturated carbocycles. The number of para-hydroxylation sites is 1. The summed E-state index contributed by atoms with van der Waals surface area (Å²) in [5, 5.41) is 3.07. The molecule has 1 N–H and O–H groups in total. The number of benzene rings is 3. The predicted molar refractivity (Wildman–Crippen MR) is 172 cm³/mol. The van der Waals surface area contributed by atoms with Gasteiger partial charge in [0.05, 0.1) is 30.7 Å². The maximum absolute atomic E-state index is 13.3. The van der Waals surface area contributed by atoms with E-state index in [1.54, 1.807) is 12.1 Å². The largest absolute Gasteiger partial charge is 0.489 e. The van der Waals surface area contributed by atoms with Crippen LogP contribution in [0.3, 0.4) is 0 Å². The highest BCUT2D eigenvalue weighted by molar-refractivity contribution is 5.91. The van der Waals surface area contributed by atoms with Crippen LogP contribution in [0.2, 0.25) is 0 Å². The first-order valence-corrected chi connectivity index (χ1v) is 16.7. The summed E-state index contributed by atoms with van der Waals surface area (Å²) in [6, 6.07) is 25.8. The van der Waals surface area contributed by atoms with Gasteiger partial charge in [-0.3, -0.25) is 14.5 Å². The van der Waals surface area contributed by atoms with E-state index < -0.39 is 0 Å². The minimum Gasteiger partial charge on any atom is -0.489 e. The van der Waals surface area contributed by atoms with E-state index >= 15 is 0 Å². The molecule has 46 heavy (non-hydrogen) atoms. The summed E-state index contributed by atoms with van der Waals surface area (Å²) in [4.78, 5) is 42.7. The van der Waals surface area contributed by atoms with Crippen molar-refractivity contribution in [3.8, 4) is 5.75 Å². The van der Waals surface area contributed by atoms with Gasteiger partial charge in [0, 0.05) is 31.7 Å². The standard InChI is InChI=1S/C38H41N3O5/c1-45-35(43)27-13-11-25(12-14-27)24-46-32-10-6-5-9-31(32)34(26-7-3-2-4-8-26)41-17-15-40(16-18-41)33(42)23-39-36(44)37-21-29-19-28-20-30(22-37)38(28,29)37/h2-14,28-30,34H,15-24H2,1H3,(H,39,44). The van der Waals surface area contributed by atoms with Crippen LogP contribution in [0.15, 0.2) is 78.9 Å². The van der Waals surface area contributed by atoms with Gasteiger partial charge in [-0.15, -0.1) is 0 Å². The Bertz CT molecular complexity index is 1620. The second-order valence-corrected chi connectivity index (χ2v) is 13.9. The normalized spacial score (nSPS) is 29.3. The number of nitrogens with zero attached hydrogens (tertiary/aromatic N) is 2. The molecule has 5 fully saturated rings. The summed E-state index contributed by atoms with van der Waals surface area (Å²) in [6.07, 6.45) is 4.71. The quantitative estimate of drug-likeness (QED) is 0.327. The average Bonchev–Trinajstić information content (AvgIpc) is 3.06. The van der Waals surface area contributed by atoms with Crippen LogP contribution in [0.1, 0.15) is 58.8 Å². The van der Waals surface area contributed by atoms with Gasteiger partial charge in [0.25, 0.3) is 0 Å². The van der Waals surface area contributed by atoms with Crippen molar-refractivity contribution in [3.05, 3.63) is 101 Å². The van der Waals surface area contributed by atoms with Gasteiger partial charge < -0.3 is 19.7 Å². The molecule has 3 unspecified atom stereocenters. The van der Waals surface area contributed by atoms with Crippen LogP contribution >= 0.6 is 0 Å². The van der Waals surface area contributed by atoms with Gasteiger partial charge in [-0.1, -0.05) is 60.7 Å². The van der Waals surface area contributed by atoms with Crippen molar-refractivity contribution in [1.29, 1.82) is 0 Å². The lowest BCUT2D eigenvalue weighted by molar-refractivity contribution is -0.413. The van der Waals surface area contributed by atoms with E-state index in [2.05, 4.69) is 40.5 Å². The molecule has 3 aromatic rings. The summed E-state index contributed by atoms with van der Waals surface area (Å²) in [5.41, 5.74) is 3.85. The van der Waals surface area contributed by atoms with Crippen LogP contribution < -0.4 is 10.1 Å². The molecule has 5 aliphatic rings. The maximum Gasteiger partial charge on any atom is 0.337 e. The van der Waals surface area contributed by atoms with Crippen LogP contribution in [-0.4, -0.2) is 67.4 Å². The highest BCUT2D eigenvalue weighted by atomic mass is 16.5. The fourth-order valence-corrected chi connectivity index (χ4v) is 10.1. The van der Waals surface area contributed by atoms with Gasteiger partial charge in [-0.05, 0) is 78.2 Å². The molecule has 0 bridgehead atoms. The lowest BCUT2D eigenvalue weighted by atomic mass is 9.13. The fraction of sp³-hybridized carbons (Fsp3) is 0.447. The van der Waals surface area contributed by atoms with Gasteiger partial charge in [-0.25, -0.2) is 4.79 Å². The van der Waals surface area contributed by atoms with Crippen LogP contribution in [0.5, 0.6) is 5.75 Å². The Morgan fingerprint density at radius 3 is 2.17 bits per heavy atom. The number of hydrogen-bond donors (Lipinski definition) is 1. The molecule has 2 amide bonds. The number of hydrogen-bond acceptors (Lipinski definition) is 6. The van der Waals surface area contributed by atoms with Crippen molar-refractivity contribution < 1.29 is 23.9 Å². The summed E-state index contributed by atoms with van der Waals surface area (Å²) >= 11 is 0. The number of methoxy groups -OCH3 is 1. The molecule has 1 heterocycles. The number of carbonyl (C=O) groups is 3. The molecular weight excluding hydrogens is 578 g/mol. The molecule has 1 saturated heterocycles. The lowest BCUT2D eigenvalue weighted by Gasteiger charge is -2.90. The second kappa shape index (κ2) is 11.3. The molecule has 238 valence electrons. The smallest absolute Gasteiger partial charge is 0.337 e. The van der Waals surface area contributed by atoms with Gasteiger partial charge in [0.1, 0.15) is 12.4 Å². The molecule has 3 aromatic carbocycles. The van der Waals surface area contributed by atoms with Crippen molar-refractivity contribution in [2.75, 3.05) is 39.8 Å². The molecule has 8 heteroatoms. The average molecular weight is 620 g/mol. The topological polar surface area (TPSA) is 88.2 Å². The molecule has 8 rings (SSSR count). The minimum atomic E-state index is -0.363. The van der Waals surface area contributed by atoms with E-state index in [1.807, 2.05) is 41.3 Å². The number of ether oxygens (including phenoxy) is 2. The zero-order valence-electron chi connectivity index (χ0n) is 26.3. The van der Waals surface area contributed by atoms with Gasteiger partial charge >= 0.3 is 5.97 Å². The Labute approximate surface area is 270 Å². The molecular formula is C38H41N3O5. The number of rotatable bonds is 10. The van der Waals surface area contributed by atoms with Crippen molar-refractivity contribution in [1.82, 2.24) is 15.1 Å². The summed E-state index contributed by atoms with van der Waals surface area (Å²) in [7, 11) is 1.37. The molecule has 8 nitrogen and oxygen atoms in total. The number of piperazine rings is 1. The van der Waals surface area contributed by atoms with Crippen LogP contribution in [-0.2, 0) is 20.9 Å². The molecule has 0 radical (unpaired) electrons. The highest BCUT2D eigenvalue weighted by Gasteiger charge is 2.89. The minimum absolute atomic E-state index is 0.00521. The number of esters is 1. The van der Waals surface area contributed by atoms with Crippen molar-refractivity contribution >= 4 is 17.8 Å². The number of carbonyl (C=O) groups excluding carboxylic acids is 3. The SMILES string of the molecule is COC(=O)c1ccc(COc2ccccc2C(c2ccccc2)N2CCN(C(=O)CNC(=O)C34CC5CC6CC(C3)C654)CC2)cc1. The van der Waals surface area contributed by atoms with E-state index in [1.165, 1.54) is 20.0 Å². The molecule has 1 spiro atoms. The lowest BCUT2D eigenvalue weighted by Crippen LogP contribution is -2.88. The summed E-state index contributed by atoms with van der Waals surface area (Å²) in [6.45, 7) is 3.08. The van der Waals surface area contributed by atoms with Crippen LogP contribution in [0, 0.1) is 28.6 Å². The Morgan fingerprint density at radius 1 is 0.848 bits per heavy atom. The maximum atomic E-state index is 13.3. The number of nitrogens with one attached hydrogen (secondary N) is 1. The fourth-order valence-electron chi connectivity index (χ4n) is 10.1. The van der Waals surface area contributed by atoms with E-state index in [-0.39, 0.29) is 35.8 Å². The monoisotopic (exact) mass is 619 g/mol. The van der Waals surface area contributed by atoms with Crippen LogP contribution in [0.25, 0.3) is 0 Å². The first-order chi connectivity index (χ1) is 22.4. The van der Waals surface area contributed by atoms with E-state index in [0.29, 0.717) is 43.8 Å². The van der Waals surface area contributed by atoms with Gasteiger partial charge in [0.2, 0.25) is 11.8 Å². The van der Waals surface area contributed by atoms with E-state index in [4.69, 9.17) is 9.47 Å². The predicted octanol–water partition coefficient (Wildman–Crippen LogP) is 4.84.